The number of hydrogen-bond donors (Lipinski definition) is 0. The molecule has 0 saturated carbocycles. The van der Waals surface area contributed by atoms with Gasteiger partial charge < -0.3 is 9.47 Å². The van der Waals surface area contributed by atoms with Gasteiger partial charge in [-0.05, 0) is 49.9 Å². The highest BCUT2D eigenvalue weighted by molar-refractivity contribution is 5.80. The summed E-state index contributed by atoms with van der Waals surface area (Å²) in [6.45, 7) is 18.2. The number of rotatable bonds is 13. The zero-order valence-electron chi connectivity index (χ0n) is 23.3. The van der Waals surface area contributed by atoms with E-state index in [0.717, 1.165) is 6.42 Å². The Bertz CT molecular complexity index is 724. The summed E-state index contributed by atoms with van der Waals surface area (Å²) in [5, 5.41) is 0. The van der Waals surface area contributed by atoms with Crippen molar-refractivity contribution in [3.05, 3.63) is 0 Å². The van der Waals surface area contributed by atoms with E-state index in [1.54, 1.807) is 20.8 Å². The number of ether oxygens (including phenoxy) is 2. The van der Waals surface area contributed by atoms with Crippen LogP contribution in [0.1, 0.15) is 108 Å². The Morgan fingerprint density at radius 3 is 1.47 bits per heavy atom. The highest BCUT2D eigenvalue weighted by Crippen LogP contribution is 2.52. The average molecular weight is 535 g/mol. The lowest BCUT2D eigenvalue weighted by Gasteiger charge is -2.48. The van der Waals surface area contributed by atoms with Crippen molar-refractivity contribution in [1.82, 2.24) is 0 Å². The van der Waals surface area contributed by atoms with Crippen molar-refractivity contribution in [2.45, 2.75) is 132 Å². The maximum Gasteiger partial charge on any atom is 0.434 e. The van der Waals surface area contributed by atoms with Crippen molar-refractivity contribution in [2.75, 3.05) is 0 Å². The van der Waals surface area contributed by atoms with Gasteiger partial charge in [0, 0.05) is 0 Å². The van der Waals surface area contributed by atoms with Crippen LogP contribution in [0.4, 0.5) is 26.3 Å². The molecule has 0 amide bonds. The van der Waals surface area contributed by atoms with Gasteiger partial charge in [-0.25, -0.2) is 0 Å². The number of carbonyl (C=O) groups is 2. The second-order valence-corrected chi connectivity index (χ2v) is 11.3. The molecule has 2 atom stereocenters. The fraction of sp³-hybridized carbons (Fsp3) is 0.923. The van der Waals surface area contributed by atoms with E-state index in [1.807, 2.05) is 41.5 Å². The van der Waals surface area contributed by atoms with Crippen LogP contribution in [0.3, 0.4) is 0 Å². The summed E-state index contributed by atoms with van der Waals surface area (Å²) in [5.74, 6) is -3.84. The third kappa shape index (κ3) is 7.76. The molecule has 10 heteroatoms. The van der Waals surface area contributed by atoms with Crippen molar-refractivity contribution >= 4 is 11.9 Å². The van der Waals surface area contributed by atoms with Gasteiger partial charge in [-0.1, -0.05) is 68.7 Å². The SMILES string of the molecule is CCC(C(=O)OC(C(F)(F)F)C(F)(F)F)C(CC)(CC)OC(=O)C(C)(CC(C)(C)CC)C(C)(C)CC. The van der Waals surface area contributed by atoms with Crippen LogP contribution in [-0.2, 0) is 19.1 Å². The molecule has 0 bridgehead atoms. The summed E-state index contributed by atoms with van der Waals surface area (Å²) >= 11 is 0. The minimum absolute atomic E-state index is 0.00531. The summed E-state index contributed by atoms with van der Waals surface area (Å²) in [7, 11) is 0. The molecule has 0 N–H and O–H groups in total. The van der Waals surface area contributed by atoms with Gasteiger partial charge in [0.15, 0.2) is 0 Å². The molecule has 36 heavy (non-hydrogen) atoms. The summed E-state index contributed by atoms with van der Waals surface area (Å²) in [6.07, 6.45) is -14.3. The Labute approximate surface area is 211 Å². The number of esters is 2. The molecule has 0 saturated heterocycles. The molecule has 0 aliphatic rings. The Morgan fingerprint density at radius 1 is 0.722 bits per heavy atom. The molecule has 0 aromatic carbocycles. The van der Waals surface area contributed by atoms with E-state index in [9.17, 15) is 35.9 Å². The first-order valence-electron chi connectivity index (χ1n) is 12.6. The molecule has 0 aromatic rings. The van der Waals surface area contributed by atoms with Gasteiger partial charge in [0.05, 0.1) is 11.3 Å². The Balaban J connectivity index is 6.49. The summed E-state index contributed by atoms with van der Waals surface area (Å²) < 4.78 is 88.3. The van der Waals surface area contributed by atoms with Crippen molar-refractivity contribution in [1.29, 1.82) is 0 Å². The first-order chi connectivity index (χ1) is 16.0. The van der Waals surface area contributed by atoms with E-state index in [-0.39, 0.29) is 24.7 Å². The first-order valence-corrected chi connectivity index (χ1v) is 12.6. The second-order valence-electron chi connectivity index (χ2n) is 11.3. The smallest absolute Gasteiger partial charge is 0.434 e. The minimum atomic E-state index is -5.83. The van der Waals surface area contributed by atoms with E-state index in [1.165, 1.54) is 6.92 Å². The zero-order chi connectivity index (χ0) is 29.0. The van der Waals surface area contributed by atoms with Gasteiger partial charge in [-0.15, -0.1) is 0 Å². The topological polar surface area (TPSA) is 52.6 Å². The van der Waals surface area contributed by atoms with E-state index in [0.29, 0.717) is 12.8 Å². The molecular weight excluding hydrogens is 490 g/mol. The third-order valence-electron chi connectivity index (χ3n) is 8.27. The van der Waals surface area contributed by atoms with Crippen LogP contribution in [0.15, 0.2) is 0 Å². The molecule has 0 aliphatic carbocycles. The Kier molecular flexibility index (Phi) is 11.4. The van der Waals surface area contributed by atoms with Gasteiger partial charge in [-0.3, -0.25) is 9.59 Å². The Morgan fingerprint density at radius 2 is 1.17 bits per heavy atom. The minimum Gasteiger partial charge on any atom is -0.458 e. The van der Waals surface area contributed by atoms with Crippen molar-refractivity contribution < 1.29 is 45.4 Å². The van der Waals surface area contributed by atoms with E-state index in [4.69, 9.17) is 4.74 Å². The average Bonchev–Trinajstić information content (AvgIpc) is 2.74. The van der Waals surface area contributed by atoms with E-state index in [2.05, 4.69) is 4.74 Å². The molecular formula is C26H44F6O4. The van der Waals surface area contributed by atoms with E-state index < -0.39 is 52.7 Å². The predicted molar refractivity (Wildman–Crippen MR) is 126 cm³/mol. The molecule has 0 aromatic heterocycles. The van der Waals surface area contributed by atoms with Crippen molar-refractivity contribution in [3.63, 3.8) is 0 Å². The molecule has 0 aliphatic heterocycles. The van der Waals surface area contributed by atoms with Crippen LogP contribution >= 0.6 is 0 Å². The molecule has 2 unspecified atom stereocenters. The van der Waals surface area contributed by atoms with Crippen LogP contribution in [0.5, 0.6) is 0 Å². The molecule has 0 radical (unpaired) electrons. The van der Waals surface area contributed by atoms with Gasteiger partial charge >= 0.3 is 24.3 Å². The molecule has 214 valence electrons. The first kappa shape index (κ1) is 34.5. The molecule has 0 spiro atoms. The summed E-state index contributed by atoms with van der Waals surface area (Å²) in [4.78, 5) is 26.6. The maximum absolute atomic E-state index is 13.8. The number of hydrogen-bond acceptors (Lipinski definition) is 4. The van der Waals surface area contributed by atoms with Gasteiger partial charge in [-0.2, -0.15) is 26.3 Å². The second kappa shape index (κ2) is 11.9. The number of alkyl halides is 6. The fourth-order valence-corrected chi connectivity index (χ4v) is 4.59. The predicted octanol–water partition coefficient (Wildman–Crippen LogP) is 8.42. The maximum atomic E-state index is 13.8. The molecule has 0 rings (SSSR count). The van der Waals surface area contributed by atoms with Gasteiger partial charge in [0.25, 0.3) is 6.10 Å². The largest absolute Gasteiger partial charge is 0.458 e. The number of halogens is 6. The highest BCUT2D eigenvalue weighted by Gasteiger charge is 2.61. The van der Waals surface area contributed by atoms with Crippen LogP contribution in [0.2, 0.25) is 0 Å². The molecule has 0 heterocycles. The quantitative estimate of drug-likeness (QED) is 0.176. The molecule has 0 fully saturated rings. The monoisotopic (exact) mass is 534 g/mol. The lowest BCUT2D eigenvalue weighted by Crippen LogP contribution is -2.54. The van der Waals surface area contributed by atoms with Crippen LogP contribution < -0.4 is 0 Å². The Hall–Kier alpha value is -1.48. The lowest BCUT2D eigenvalue weighted by molar-refractivity contribution is -0.315. The normalized spacial score (nSPS) is 16.5. The zero-order valence-corrected chi connectivity index (χ0v) is 23.3. The standard InChI is InChI=1S/C26H44F6O4/c1-11-17(18(33)35-19(25(27,28)29)26(30,31)32)24(14-4,15-5)36-20(34)23(10,22(8,9)13-3)16-21(6,7)12-2/h17,19H,11-16H2,1-10H3. The molecule has 4 nitrogen and oxygen atoms in total. The van der Waals surface area contributed by atoms with Crippen molar-refractivity contribution in [2.24, 2.45) is 22.2 Å². The highest BCUT2D eigenvalue weighted by atomic mass is 19.4. The van der Waals surface area contributed by atoms with E-state index >= 15 is 0 Å². The van der Waals surface area contributed by atoms with Crippen LogP contribution in [0, 0.1) is 22.2 Å². The van der Waals surface area contributed by atoms with Gasteiger partial charge in [0.2, 0.25) is 0 Å². The van der Waals surface area contributed by atoms with Gasteiger partial charge in [0.1, 0.15) is 5.60 Å². The lowest BCUT2D eigenvalue weighted by atomic mass is 9.58. The number of carbonyl (C=O) groups excluding carboxylic acids is 2. The summed E-state index contributed by atoms with van der Waals surface area (Å²) in [6, 6.07) is 0. The third-order valence-corrected chi connectivity index (χ3v) is 8.27. The summed E-state index contributed by atoms with van der Waals surface area (Å²) in [5.41, 5.74) is -3.48. The fourth-order valence-electron chi connectivity index (χ4n) is 4.59. The van der Waals surface area contributed by atoms with Crippen molar-refractivity contribution in [3.8, 4) is 0 Å². The van der Waals surface area contributed by atoms with Crippen LogP contribution in [-0.4, -0.2) is 36.0 Å². The van der Waals surface area contributed by atoms with Crippen LogP contribution in [0.25, 0.3) is 0 Å².